The van der Waals surface area contributed by atoms with Gasteiger partial charge in [-0.15, -0.1) is 12.4 Å². The van der Waals surface area contributed by atoms with Gasteiger partial charge in [-0.25, -0.2) is 0 Å². The molecule has 1 unspecified atom stereocenters. The van der Waals surface area contributed by atoms with Crippen molar-refractivity contribution in [1.29, 1.82) is 0 Å². The number of likely N-dealkylation sites (tertiary alicyclic amines) is 1. The third-order valence-electron chi connectivity index (χ3n) is 4.66. The van der Waals surface area contributed by atoms with Gasteiger partial charge < -0.3 is 0 Å². The lowest BCUT2D eigenvalue weighted by Gasteiger charge is -2.26. The maximum Gasteiger partial charge on any atom is 0.240 e. The number of nitrogens with zero attached hydrogens (tertiary/aromatic N) is 2. The van der Waals surface area contributed by atoms with Crippen LogP contribution >= 0.6 is 12.4 Å². The zero-order valence-electron chi connectivity index (χ0n) is 13.6. The molecule has 0 radical (unpaired) electrons. The minimum absolute atomic E-state index is 0. The number of halogens is 1. The largest absolute Gasteiger partial charge is 0.281 e. The van der Waals surface area contributed by atoms with Crippen LogP contribution in [-0.4, -0.2) is 28.2 Å². The van der Waals surface area contributed by atoms with Crippen molar-refractivity contribution in [2.24, 2.45) is 0 Å². The summed E-state index contributed by atoms with van der Waals surface area (Å²) in [7, 11) is 0. The number of carbonyl (C=O) groups excluding carboxylic acids is 2. The van der Waals surface area contributed by atoms with Crippen molar-refractivity contribution in [3.63, 3.8) is 0 Å². The molecule has 24 heavy (non-hydrogen) atoms. The fraction of sp³-hybridized carbons (Fsp3) is 0.316. The van der Waals surface area contributed by atoms with E-state index in [0.717, 1.165) is 11.3 Å². The van der Waals surface area contributed by atoms with Gasteiger partial charge in [0, 0.05) is 31.3 Å². The first kappa shape index (κ1) is 18.1. The van der Waals surface area contributed by atoms with E-state index in [-0.39, 0.29) is 30.6 Å². The number of imide groups is 1. The lowest BCUT2D eigenvalue weighted by molar-refractivity contribution is -0.139. The second kappa shape index (κ2) is 7.58. The average molecular weight is 345 g/mol. The predicted molar refractivity (Wildman–Crippen MR) is 94.9 cm³/mol. The van der Waals surface area contributed by atoms with E-state index < -0.39 is 5.41 Å². The maximum atomic E-state index is 13.0. The molecule has 0 saturated carbocycles. The van der Waals surface area contributed by atoms with Crippen LogP contribution in [0.2, 0.25) is 0 Å². The van der Waals surface area contributed by atoms with E-state index in [1.165, 1.54) is 4.90 Å². The molecule has 0 aliphatic carbocycles. The van der Waals surface area contributed by atoms with Gasteiger partial charge in [-0.3, -0.25) is 19.5 Å². The second-order valence-corrected chi connectivity index (χ2v) is 5.90. The number of amides is 2. The summed E-state index contributed by atoms with van der Waals surface area (Å²) >= 11 is 0. The summed E-state index contributed by atoms with van der Waals surface area (Å²) in [6.07, 6.45) is 3.20. The summed E-state index contributed by atoms with van der Waals surface area (Å²) in [4.78, 5) is 31.1. The highest BCUT2D eigenvalue weighted by molar-refractivity contribution is 6.09. The highest BCUT2D eigenvalue weighted by atomic mass is 35.5. The molecular weight excluding hydrogens is 324 g/mol. The van der Waals surface area contributed by atoms with E-state index in [2.05, 4.69) is 4.98 Å². The number of carbonyl (C=O) groups is 2. The minimum atomic E-state index is -0.706. The monoisotopic (exact) mass is 344 g/mol. The molecule has 1 aromatic carbocycles. The highest BCUT2D eigenvalue weighted by Gasteiger charge is 2.51. The zero-order valence-corrected chi connectivity index (χ0v) is 14.5. The summed E-state index contributed by atoms with van der Waals surface area (Å²) < 4.78 is 0. The molecule has 0 bridgehead atoms. The molecule has 2 aromatic rings. The Morgan fingerprint density at radius 2 is 1.79 bits per heavy atom. The van der Waals surface area contributed by atoms with Crippen LogP contribution in [0.15, 0.2) is 54.7 Å². The molecule has 1 atom stereocenters. The van der Waals surface area contributed by atoms with Crippen LogP contribution in [0.3, 0.4) is 0 Å². The third kappa shape index (κ3) is 3.20. The van der Waals surface area contributed by atoms with E-state index in [9.17, 15) is 9.59 Å². The fourth-order valence-electron chi connectivity index (χ4n) is 3.26. The molecule has 1 aliphatic rings. The Balaban J connectivity index is 0.00000208. The van der Waals surface area contributed by atoms with E-state index in [0.29, 0.717) is 19.4 Å². The smallest absolute Gasteiger partial charge is 0.240 e. The first-order valence-electron chi connectivity index (χ1n) is 7.97. The van der Waals surface area contributed by atoms with Crippen molar-refractivity contribution < 1.29 is 9.59 Å². The minimum Gasteiger partial charge on any atom is -0.281 e. The Morgan fingerprint density at radius 1 is 1.08 bits per heavy atom. The molecule has 1 saturated heterocycles. The standard InChI is InChI=1S/C19H20N2O2.ClH/c1-2-19(15-8-4-3-5-9-15)14-17(22)21(18(19)23)13-11-16-10-6-7-12-20-16;/h3-10,12H,2,11,13-14H2,1H3;1H. The molecule has 0 spiro atoms. The Bertz CT molecular complexity index is 706. The third-order valence-corrected chi connectivity index (χ3v) is 4.66. The number of hydrogen-bond donors (Lipinski definition) is 0. The van der Waals surface area contributed by atoms with Crippen molar-refractivity contribution >= 4 is 24.2 Å². The van der Waals surface area contributed by atoms with Gasteiger partial charge in [0.05, 0.1) is 5.41 Å². The summed E-state index contributed by atoms with van der Waals surface area (Å²) in [6.45, 7) is 2.36. The summed E-state index contributed by atoms with van der Waals surface area (Å²) in [6, 6.07) is 15.3. The molecule has 4 nitrogen and oxygen atoms in total. The summed E-state index contributed by atoms with van der Waals surface area (Å²) in [5.74, 6) is -0.163. The summed E-state index contributed by atoms with van der Waals surface area (Å²) in [5, 5.41) is 0. The van der Waals surface area contributed by atoms with Crippen LogP contribution in [0.25, 0.3) is 0 Å². The van der Waals surface area contributed by atoms with Crippen molar-refractivity contribution in [3.8, 4) is 0 Å². The molecule has 2 amide bonds. The topological polar surface area (TPSA) is 50.3 Å². The highest BCUT2D eigenvalue weighted by Crippen LogP contribution is 2.39. The maximum absolute atomic E-state index is 13.0. The first-order chi connectivity index (χ1) is 11.2. The molecule has 126 valence electrons. The predicted octanol–water partition coefficient (Wildman–Crippen LogP) is 3.15. The van der Waals surface area contributed by atoms with Crippen LogP contribution in [0.5, 0.6) is 0 Å². The Hall–Kier alpha value is -2.20. The molecular formula is C19H21ClN2O2. The van der Waals surface area contributed by atoms with E-state index >= 15 is 0 Å². The van der Waals surface area contributed by atoms with Crippen LogP contribution in [-0.2, 0) is 21.4 Å². The second-order valence-electron chi connectivity index (χ2n) is 5.90. The van der Waals surface area contributed by atoms with Crippen LogP contribution < -0.4 is 0 Å². The lowest BCUT2D eigenvalue weighted by atomic mass is 9.76. The quantitative estimate of drug-likeness (QED) is 0.783. The number of rotatable bonds is 5. The Kier molecular flexibility index (Phi) is 5.73. The number of aromatic nitrogens is 1. The van der Waals surface area contributed by atoms with Crippen LogP contribution in [0.4, 0.5) is 0 Å². The Labute approximate surface area is 148 Å². The van der Waals surface area contributed by atoms with Gasteiger partial charge >= 0.3 is 0 Å². The molecule has 1 fully saturated rings. The number of pyridine rings is 1. The molecule has 1 aliphatic heterocycles. The molecule has 0 N–H and O–H groups in total. The van der Waals surface area contributed by atoms with Crippen molar-refractivity contribution in [2.45, 2.75) is 31.6 Å². The van der Waals surface area contributed by atoms with Gasteiger partial charge in [-0.1, -0.05) is 43.3 Å². The molecule has 3 rings (SSSR count). The van der Waals surface area contributed by atoms with Crippen LogP contribution in [0.1, 0.15) is 31.0 Å². The SMILES string of the molecule is CCC1(c2ccccc2)CC(=O)N(CCc2ccccn2)C1=O.Cl. The molecule has 5 heteroatoms. The molecule has 2 heterocycles. The van der Waals surface area contributed by atoms with Crippen molar-refractivity contribution in [2.75, 3.05) is 6.54 Å². The normalized spacial score (nSPS) is 20.1. The van der Waals surface area contributed by atoms with Gasteiger partial charge in [-0.2, -0.15) is 0 Å². The first-order valence-corrected chi connectivity index (χ1v) is 7.97. The number of hydrogen-bond acceptors (Lipinski definition) is 3. The van der Waals surface area contributed by atoms with Gasteiger partial charge in [0.25, 0.3) is 0 Å². The van der Waals surface area contributed by atoms with Gasteiger partial charge in [0.2, 0.25) is 11.8 Å². The van der Waals surface area contributed by atoms with Crippen LogP contribution in [0, 0.1) is 0 Å². The van der Waals surface area contributed by atoms with E-state index in [1.54, 1.807) is 6.20 Å². The fourth-order valence-corrected chi connectivity index (χ4v) is 3.26. The van der Waals surface area contributed by atoms with Gasteiger partial charge in [0.15, 0.2) is 0 Å². The Morgan fingerprint density at radius 3 is 2.42 bits per heavy atom. The van der Waals surface area contributed by atoms with E-state index in [4.69, 9.17) is 0 Å². The molecule has 1 aromatic heterocycles. The van der Waals surface area contributed by atoms with E-state index in [1.807, 2.05) is 55.5 Å². The summed E-state index contributed by atoms with van der Waals surface area (Å²) in [5.41, 5.74) is 1.12. The van der Waals surface area contributed by atoms with Gasteiger partial charge in [0.1, 0.15) is 0 Å². The van der Waals surface area contributed by atoms with Crippen molar-refractivity contribution in [3.05, 3.63) is 66.0 Å². The lowest BCUT2D eigenvalue weighted by Crippen LogP contribution is -2.39. The van der Waals surface area contributed by atoms with Crippen molar-refractivity contribution in [1.82, 2.24) is 9.88 Å². The number of benzene rings is 1. The average Bonchev–Trinajstić information content (AvgIpc) is 2.86. The zero-order chi connectivity index (χ0) is 16.3. The van der Waals surface area contributed by atoms with Gasteiger partial charge in [-0.05, 0) is 24.1 Å².